The minimum absolute atomic E-state index is 0.0272. The van der Waals surface area contributed by atoms with Gasteiger partial charge in [-0.1, -0.05) is 12.8 Å². The topological polar surface area (TPSA) is 33.2 Å². The van der Waals surface area contributed by atoms with Crippen LogP contribution in [-0.4, -0.2) is 28.9 Å². The number of amides is 1. The molecule has 0 unspecified atom stereocenters. The molecule has 0 saturated heterocycles. The van der Waals surface area contributed by atoms with Crippen molar-refractivity contribution in [2.45, 2.75) is 31.7 Å². The Morgan fingerprint density at radius 3 is 2.69 bits per heavy atom. The summed E-state index contributed by atoms with van der Waals surface area (Å²) in [5, 5.41) is 0. The Balaban J connectivity index is 2.08. The first-order chi connectivity index (χ1) is 7.68. The Morgan fingerprint density at radius 1 is 1.44 bits per heavy atom. The molecule has 0 atom stereocenters. The highest BCUT2D eigenvalue weighted by Crippen LogP contribution is 2.23. The molecule has 1 aliphatic carbocycles. The van der Waals surface area contributed by atoms with Crippen molar-refractivity contribution in [3.63, 3.8) is 0 Å². The van der Waals surface area contributed by atoms with Crippen molar-refractivity contribution in [3.05, 3.63) is 28.5 Å². The van der Waals surface area contributed by atoms with Gasteiger partial charge in [-0.25, -0.2) is 4.98 Å². The molecule has 2 rings (SSSR count). The Bertz CT molecular complexity index is 371. The molecule has 0 bridgehead atoms. The zero-order valence-electron chi connectivity index (χ0n) is 9.32. The monoisotopic (exact) mass is 282 g/mol. The summed E-state index contributed by atoms with van der Waals surface area (Å²) in [4.78, 5) is 18.1. The van der Waals surface area contributed by atoms with E-state index >= 15 is 0 Å². The zero-order valence-corrected chi connectivity index (χ0v) is 10.9. The average Bonchev–Trinajstić information content (AvgIpc) is 2.81. The number of halogens is 1. The highest BCUT2D eigenvalue weighted by Gasteiger charge is 2.24. The summed E-state index contributed by atoms with van der Waals surface area (Å²) < 4.78 is 0.896. The van der Waals surface area contributed by atoms with Gasteiger partial charge in [-0.2, -0.15) is 0 Å². The summed E-state index contributed by atoms with van der Waals surface area (Å²) in [7, 11) is 1.88. The Hall–Kier alpha value is -0.900. The molecule has 0 aliphatic heterocycles. The molecule has 86 valence electrons. The SMILES string of the molecule is CN(C(=O)c1ccc(Br)cn1)C1CCCC1. The number of hydrogen-bond donors (Lipinski definition) is 0. The number of pyridine rings is 1. The summed E-state index contributed by atoms with van der Waals surface area (Å²) in [6.45, 7) is 0. The fraction of sp³-hybridized carbons (Fsp3) is 0.500. The molecule has 1 aromatic rings. The second kappa shape index (κ2) is 4.95. The van der Waals surface area contributed by atoms with Crippen LogP contribution in [0.25, 0.3) is 0 Å². The van der Waals surface area contributed by atoms with Crippen molar-refractivity contribution in [1.29, 1.82) is 0 Å². The van der Waals surface area contributed by atoms with Gasteiger partial charge < -0.3 is 4.90 Å². The van der Waals surface area contributed by atoms with Gasteiger partial charge in [0.15, 0.2) is 0 Å². The van der Waals surface area contributed by atoms with Crippen LogP contribution in [0.5, 0.6) is 0 Å². The van der Waals surface area contributed by atoms with E-state index in [2.05, 4.69) is 20.9 Å². The zero-order chi connectivity index (χ0) is 11.5. The lowest BCUT2D eigenvalue weighted by Crippen LogP contribution is -2.35. The molecular formula is C12H15BrN2O. The minimum Gasteiger partial charge on any atom is -0.337 e. The molecule has 1 fully saturated rings. The largest absolute Gasteiger partial charge is 0.337 e. The van der Waals surface area contributed by atoms with Crippen molar-refractivity contribution >= 4 is 21.8 Å². The van der Waals surface area contributed by atoms with E-state index in [1.807, 2.05) is 18.0 Å². The van der Waals surface area contributed by atoms with E-state index in [9.17, 15) is 4.79 Å². The van der Waals surface area contributed by atoms with Gasteiger partial charge in [-0.05, 0) is 40.9 Å². The number of rotatable bonds is 2. The lowest BCUT2D eigenvalue weighted by molar-refractivity contribution is 0.0729. The maximum absolute atomic E-state index is 12.1. The first kappa shape index (κ1) is 11.6. The summed E-state index contributed by atoms with van der Waals surface area (Å²) >= 11 is 3.31. The molecule has 4 heteroatoms. The van der Waals surface area contributed by atoms with Crippen LogP contribution in [0.2, 0.25) is 0 Å². The first-order valence-electron chi connectivity index (χ1n) is 5.57. The molecule has 1 saturated carbocycles. The van der Waals surface area contributed by atoms with Gasteiger partial charge in [0.05, 0.1) is 0 Å². The van der Waals surface area contributed by atoms with Crippen molar-refractivity contribution in [1.82, 2.24) is 9.88 Å². The molecule has 1 heterocycles. The van der Waals surface area contributed by atoms with Crippen LogP contribution in [0.1, 0.15) is 36.2 Å². The van der Waals surface area contributed by atoms with Crippen LogP contribution in [0, 0.1) is 0 Å². The van der Waals surface area contributed by atoms with Gasteiger partial charge in [0.25, 0.3) is 5.91 Å². The third-order valence-corrected chi connectivity index (χ3v) is 3.61. The maximum atomic E-state index is 12.1. The highest BCUT2D eigenvalue weighted by molar-refractivity contribution is 9.10. The van der Waals surface area contributed by atoms with Crippen molar-refractivity contribution in [2.75, 3.05) is 7.05 Å². The minimum atomic E-state index is 0.0272. The van der Waals surface area contributed by atoms with Crippen molar-refractivity contribution < 1.29 is 4.79 Å². The second-order valence-electron chi connectivity index (χ2n) is 4.22. The summed E-state index contributed by atoms with van der Waals surface area (Å²) in [6, 6.07) is 4.01. The van der Waals surface area contributed by atoms with Crippen LogP contribution in [-0.2, 0) is 0 Å². The normalized spacial score (nSPS) is 16.4. The smallest absolute Gasteiger partial charge is 0.272 e. The first-order valence-corrected chi connectivity index (χ1v) is 6.36. The van der Waals surface area contributed by atoms with Crippen LogP contribution < -0.4 is 0 Å². The summed E-state index contributed by atoms with van der Waals surface area (Å²) in [5.41, 5.74) is 0.526. The van der Waals surface area contributed by atoms with Crippen LogP contribution >= 0.6 is 15.9 Å². The van der Waals surface area contributed by atoms with Crippen molar-refractivity contribution in [2.24, 2.45) is 0 Å². The van der Waals surface area contributed by atoms with Gasteiger partial charge in [-0.3, -0.25) is 4.79 Å². The van der Waals surface area contributed by atoms with E-state index in [-0.39, 0.29) is 5.91 Å². The van der Waals surface area contributed by atoms with E-state index in [0.29, 0.717) is 11.7 Å². The van der Waals surface area contributed by atoms with Gasteiger partial charge >= 0.3 is 0 Å². The Labute approximate surface area is 104 Å². The lowest BCUT2D eigenvalue weighted by Gasteiger charge is -2.23. The maximum Gasteiger partial charge on any atom is 0.272 e. The molecule has 1 aliphatic rings. The summed E-state index contributed by atoms with van der Waals surface area (Å²) in [5.74, 6) is 0.0272. The van der Waals surface area contributed by atoms with Gasteiger partial charge in [0.2, 0.25) is 0 Å². The molecule has 1 aromatic heterocycles. The number of carbonyl (C=O) groups is 1. The lowest BCUT2D eigenvalue weighted by atomic mass is 10.2. The number of hydrogen-bond acceptors (Lipinski definition) is 2. The van der Waals surface area contributed by atoms with Gasteiger partial charge in [0, 0.05) is 23.8 Å². The summed E-state index contributed by atoms with van der Waals surface area (Å²) in [6.07, 6.45) is 6.37. The molecule has 0 aromatic carbocycles. The molecule has 1 amide bonds. The average molecular weight is 283 g/mol. The van der Waals surface area contributed by atoms with E-state index in [1.165, 1.54) is 12.8 Å². The van der Waals surface area contributed by atoms with Gasteiger partial charge in [0.1, 0.15) is 5.69 Å². The van der Waals surface area contributed by atoms with Crippen LogP contribution in [0.3, 0.4) is 0 Å². The highest BCUT2D eigenvalue weighted by atomic mass is 79.9. The fourth-order valence-corrected chi connectivity index (χ4v) is 2.37. The Morgan fingerprint density at radius 2 is 2.12 bits per heavy atom. The standard InChI is InChI=1S/C12H15BrN2O/c1-15(10-4-2-3-5-10)12(16)11-7-6-9(13)8-14-11/h6-8,10H,2-5H2,1H3. The van der Waals surface area contributed by atoms with Gasteiger partial charge in [-0.15, -0.1) is 0 Å². The predicted molar refractivity (Wildman–Crippen MR) is 66.3 cm³/mol. The number of nitrogens with zero attached hydrogens (tertiary/aromatic N) is 2. The molecule has 3 nitrogen and oxygen atoms in total. The second-order valence-corrected chi connectivity index (χ2v) is 5.13. The fourth-order valence-electron chi connectivity index (χ4n) is 2.14. The third kappa shape index (κ3) is 2.43. The van der Waals surface area contributed by atoms with E-state index in [1.54, 1.807) is 12.3 Å². The van der Waals surface area contributed by atoms with Crippen LogP contribution in [0.4, 0.5) is 0 Å². The molecule has 0 radical (unpaired) electrons. The van der Waals surface area contributed by atoms with E-state index in [0.717, 1.165) is 17.3 Å². The quantitative estimate of drug-likeness (QED) is 0.836. The van der Waals surface area contributed by atoms with E-state index in [4.69, 9.17) is 0 Å². The predicted octanol–water partition coefficient (Wildman–Crippen LogP) is 2.86. The molecule has 0 spiro atoms. The number of aromatic nitrogens is 1. The van der Waals surface area contributed by atoms with Crippen molar-refractivity contribution in [3.8, 4) is 0 Å². The number of carbonyl (C=O) groups excluding carboxylic acids is 1. The van der Waals surface area contributed by atoms with E-state index < -0.39 is 0 Å². The molecular weight excluding hydrogens is 268 g/mol. The third-order valence-electron chi connectivity index (χ3n) is 3.14. The Kier molecular flexibility index (Phi) is 3.59. The van der Waals surface area contributed by atoms with Crippen LogP contribution in [0.15, 0.2) is 22.8 Å². The molecule has 16 heavy (non-hydrogen) atoms. The molecule has 0 N–H and O–H groups in total.